The molecular formula is C15H12N2O3. The first kappa shape index (κ1) is 12.5. The SMILES string of the molecule is O=C1c2ccccc2C(=O)c2c1ccnc2NCCO. The molecule has 0 amide bonds. The number of rotatable bonds is 3. The lowest BCUT2D eigenvalue weighted by Gasteiger charge is -2.19. The molecule has 5 heteroatoms. The molecule has 0 radical (unpaired) electrons. The van der Waals surface area contributed by atoms with E-state index in [2.05, 4.69) is 10.3 Å². The second-order valence-corrected chi connectivity index (χ2v) is 4.44. The van der Waals surface area contributed by atoms with Crippen molar-refractivity contribution in [2.24, 2.45) is 0 Å². The molecule has 0 bridgehead atoms. The fourth-order valence-corrected chi connectivity index (χ4v) is 2.35. The van der Waals surface area contributed by atoms with Crippen LogP contribution in [0.2, 0.25) is 0 Å². The minimum absolute atomic E-state index is 0.0793. The van der Waals surface area contributed by atoms with Crippen molar-refractivity contribution < 1.29 is 14.7 Å². The summed E-state index contributed by atoms with van der Waals surface area (Å²) in [6, 6.07) is 8.31. The molecule has 100 valence electrons. The largest absolute Gasteiger partial charge is 0.395 e. The van der Waals surface area contributed by atoms with Crippen molar-refractivity contribution in [2.45, 2.75) is 0 Å². The molecule has 2 N–H and O–H groups in total. The number of carbonyl (C=O) groups is 2. The van der Waals surface area contributed by atoms with Crippen molar-refractivity contribution in [3.05, 3.63) is 58.8 Å². The van der Waals surface area contributed by atoms with E-state index in [4.69, 9.17) is 5.11 Å². The lowest BCUT2D eigenvalue weighted by atomic mass is 9.84. The number of hydrogen-bond donors (Lipinski definition) is 2. The molecule has 0 saturated heterocycles. The Morgan fingerprint density at radius 1 is 1.00 bits per heavy atom. The Morgan fingerprint density at radius 2 is 1.70 bits per heavy atom. The first-order valence-corrected chi connectivity index (χ1v) is 6.26. The summed E-state index contributed by atoms with van der Waals surface area (Å²) in [5.74, 6) is -0.0576. The highest BCUT2D eigenvalue weighted by Crippen LogP contribution is 2.30. The van der Waals surface area contributed by atoms with Crippen LogP contribution in [0.25, 0.3) is 0 Å². The summed E-state index contributed by atoms with van der Waals surface area (Å²) in [6.45, 7) is 0.191. The van der Waals surface area contributed by atoms with Crippen molar-refractivity contribution in [2.75, 3.05) is 18.5 Å². The van der Waals surface area contributed by atoms with Crippen LogP contribution in [0.15, 0.2) is 36.5 Å². The summed E-state index contributed by atoms with van der Waals surface area (Å²) in [5, 5.41) is 11.7. The Bertz CT molecular complexity index is 710. The topological polar surface area (TPSA) is 79.3 Å². The van der Waals surface area contributed by atoms with E-state index in [0.29, 0.717) is 22.5 Å². The number of nitrogens with zero attached hydrogens (tertiary/aromatic N) is 1. The van der Waals surface area contributed by atoms with Crippen molar-refractivity contribution >= 4 is 17.4 Å². The molecular weight excluding hydrogens is 256 g/mol. The lowest BCUT2D eigenvalue weighted by molar-refractivity contribution is 0.0979. The van der Waals surface area contributed by atoms with Crippen LogP contribution in [0.4, 0.5) is 5.82 Å². The second kappa shape index (κ2) is 4.86. The van der Waals surface area contributed by atoms with Gasteiger partial charge in [-0.1, -0.05) is 24.3 Å². The van der Waals surface area contributed by atoms with E-state index < -0.39 is 0 Å². The minimum Gasteiger partial charge on any atom is -0.395 e. The molecule has 0 atom stereocenters. The molecule has 1 aromatic carbocycles. The number of nitrogens with one attached hydrogen (secondary N) is 1. The fraction of sp³-hybridized carbons (Fsp3) is 0.133. The van der Waals surface area contributed by atoms with Crippen LogP contribution in [0.3, 0.4) is 0 Å². The Kier molecular flexibility index (Phi) is 3.04. The van der Waals surface area contributed by atoms with Gasteiger partial charge < -0.3 is 10.4 Å². The van der Waals surface area contributed by atoms with Crippen LogP contribution >= 0.6 is 0 Å². The molecule has 20 heavy (non-hydrogen) atoms. The van der Waals surface area contributed by atoms with Gasteiger partial charge in [0.1, 0.15) is 5.82 Å². The van der Waals surface area contributed by atoms with Gasteiger partial charge in [0.05, 0.1) is 12.2 Å². The summed E-state index contributed by atoms with van der Waals surface area (Å²) < 4.78 is 0. The number of benzene rings is 1. The number of hydrogen-bond acceptors (Lipinski definition) is 5. The summed E-state index contributed by atoms with van der Waals surface area (Å²) >= 11 is 0. The van der Waals surface area contributed by atoms with E-state index in [9.17, 15) is 9.59 Å². The maximum absolute atomic E-state index is 12.5. The van der Waals surface area contributed by atoms with Crippen molar-refractivity contribution in [3.63, 3.8) is 0 Å². The highest BCUT2D eigenvalue weighted by Gasteiger charge is 2.31. The zero-order valence-electron chi connectivity index (χ0n) is 10.6. The Morgan fingerprint density at radius 3 is 2.40 bits per heavy atom. The Balaban J connectivity index is 2.18. The van der Waals surface area contributed by atoms with Gasteiger partial charge in [-0.05, 0) is 6.07 Å². The second-order valence-electron chi connectivity index (χ2n) is 4.44. The molecule has 1 heterocycles. The summed E-state index contributed by atoms with van der Waals surface area (Å²) in [4.78, 5) is 29.1. The molecule has 0 aliphatic heterocycles. The van der Waals surface area contributed by atoms with E-state index in [0.717, 1.165) is 0 Å². The van der Waals surface area contributed by atoms with Crippen LogP contribution in [-0.2, 0) is 0 Å². The zero-order valence-corrected chi connectivity index (χ0v) is 10.6. The average Bonchev–Trinajstić information content (AvgIpc) is 2.50. The molecule has 1 aromatic heterocycles. The van der Waals surface area contributed by atoms with Gasteiger partial charge in [-0.2, -0.15) is 0 Å². The average molecular weight is 268 g/mol. The van der Waals surface area contributed by atoms with Crippen molar-refractivity contribution in [1.82, 2.24) is 4.98 Å². The minimum atomic E-state index is -0.219. The predicted octanol–water partition coefficient (Wildman–Crippen LogP) is 1.26. The third-order valence-corrected chi connectivity index (χ3v) is 3.24. The van der Waals surface area contributed by atoms with Crippen LogP contribution in [0, 0.1) is 0 Å². The molecule has 0 unspecified atom stereocenters. The number of anilines is 1. The van der Waals surface area contributed by atoms with Gasteiger partial charge in [-0.25, -0.2) is 4.98 Å². The first-order chi connectivity index (χ1) is 9.74. The fourth-order valence-electron chi connectivity index (χ4n) is 2.35. The molecule has 3 rings (SSSR count). The summed E-state index contributed by atoms with van der Waals surface area (Å²) in [6.07, 6.45) is 1.48. The van der Waals surface area contributed by atoms with E-state index in [-0.39, 0.29) is 30.3 Å². The summed E-state index contributed by atoms with van der Waals surface area (Å²) in [5.41, 5.74) is 1.45. The van der Waals surface area contributed by atoms with E-state index in [1.165, 1.54) is 6.20 Å². The molecule has 0 fully saturated rings. The maximum Gasteiger partial charge on any atom is 0.198 e. The summed E-state index contributed by atoms with van der Waals surface area (Å²) in [7, 11) is 0. The monoisotopic (exact) mass is 268 g/mol. The highest BCUT2D eigenvalue weighted by atomic mass is 16.3. The number of pyridine rings is 1. The van der Waals surface area contributed by atoms with Crippen LogP contribution in [0.1, 0.15) is 31.8 Å². The number of ketones is 2. The maximum atomic E-state index is 12.5. The first-order valence-electron chi connectivity index (χ1n) is 6.26. The number of aliphatic hydroxyl groups excluding tert-OH is 1. The van der Waals surface area contributed by atoms with Crippen molar-refractivity contribution in [1.29, 1.82) is 0 Å². The van der Waals surface area contributed by atoms with Crippen molar-refractivity contribution in [3.8, 4) is 0 Å². The van der Waals surface area contributed by atoms with Gasteiger partial charge in [0.15, 0.2) is 11.6 Å². The number of aromatic nitrogens is 1. The Labute approximate surface area is 115 Å². The highest BCUT2D eigenvalue weighted by molar-refractivity contribution is 6.29. The molecule has 1 aliphatic rings. The number of fused-ring (bicyclic) bond motifs is 2. The molecule has 2 aromatic rings. The van der Waals surface area contributed by atoms with E-state index in [1.807, 2.05) is 0 Å². The van der Waals surface area contributed by atoms with Gasteiger partial charge >= 0.3 is 0 Å². The molecule has 1 aliphatic carbocycles. The van der Waals surface area contributed by atoms with Gasteiger partial charge in [0, 0.05) is 29.4 Å². The predicted molar refractivity (Wildman–Crippen MR) is 73.1 cm³/mol. The normalized spacial score (nSPS) is 12.8. The third-order valence-electron chi connectivity index (χ3n) is 3.24. The molecule has 0 spiro atoms. The zero-order chi connectivity index (χ0) is 14.1. The van der Waals surface area contributed by atoms with Gasteiger partial charge in [0.25, 0.3) is 0 Å². The van der Waals surface area contributed by atoms with Gasteiger partial charge in [-0.15, -0.1) is 0 Å². The van der Waals surface area contributed by atoms with Gasteiger partial charge in [0.2, 0.25) is 0 Å². The third kappa shape index (κ3) is 1.80. The Hall–Kier alpha value is -2.53. The van der Waals surface area contributed by atoms with Crippen LogP contribution in [-0.4, -0.2) is 34.8 Å². The number of carbonyl (C=O) groups excluding carboxylic acids is 2. The van der Waals surface area contributed by atoms with Crippen LogP contribution in [0.5, 0.6) is 0 Å². The quantitative estimate of drug-likeness (QED) is 0.747. The number of aliphatic hydroxyl groups is 1. The standard InChI is InChI=1S/C15H12N2O3/c18-8-7-17-15-12-11(5-6-16-15)13(19)9-3-1-2-4-10(9)14(12)20/h1-6,18H,7-8H2,(H,16,17). The molecule has 0 saturated carbocycles. The van der Waals surface area contributed by atoms with E-state index >= 15 is 0 Å². The molecule has 5 nitrogen and oxygen atoms in total. The van der Waals surface area contributed by atoms with Gasteiger partial charge in [-0.3, -0.25) is 9.59 Å². The van der Waals surface area contributed by atoms with E-state index in [1.54, 1.807) is 30.3 Å². The smallest absolute Gasteiger partial charge is 0.198 e. The lowest BCUT2D eigenvalue weighted by Crippen LogP contribution is -2.23. The van der Waals surface area contributed by atoms with Crippen LogP contribution < -0.4 is 5.32 Å².